The van der Waals surface area contributed by atoms with E-state index in [2.05, 4.69) is 0 Å². The average molecular weight is 312 g/mol. The number of carbonyl (C=O) groups excluding carboxylic acids is 1. The average Bonchev–Trinajstić information content (AvgIpc) is 2.90. The van der Waals surface area contributed by atoms with Crippen molar-refractivity contribution in [3.8, 4) is 11.5 Å². The summed E-state index contributed by atoms with van der Waals surface area (Å²) in [5.41, 5.74) is 3.50. The summed E-state index contributed by atoms with van der Waals surface area (Å²) < 4.78 is 10.7. The van der Waals surface area contributed by atoms with Crippen molar-refractivity contribution in [3.63, 3.8) is 0 Å². The first-order valence-electron chi connectivity index (χ1n) is 7.39. The van der Waals surface area contributed by atoms with Crippen LogP contribution >= 0.6 is 0 Å². The van der Waals surface area contributed by atoms with Gasteiger partial charge in [0.2, 0.25) is 0 Å². The van der Waals surface area contributed by atoms with Crippen LogP contribution in [0.3, 0.4) is 0 Å². The van der Waals surface area contributed by atoms with Crippen molar-refractivity contribution in [2.45, 2.75) is 6.54 Å². The Morgan fingerprint density at radius 2 is 1.83 bits per heavy atom. The van der Waals surface area contributed by atoms with Crippen molar-refractivity contribution < 1.29 is 14.3 Å². The molecule has 0 radical (unpaired) electrons. The van der Waals surface area contributed by atoms with Gasteiger partial charge in [0, 0.05) is 31.4 Å². The molecular formula is C18H20N2O3. The van der Waals surface area contributed by atoms with Crippen molar-refractivity contribution >= 4 is 17.3 Å². The molecule has 0 unspecified atom stereocenters. The fraction of sp³-hybridized carbons (Fsp3) is 0.278. The third-order valence-electron chi connectivity index (χ3n) is 4.07. The van der Waals surface area contributed by atoms with Crippen LogP contribution in [-0.4, -0.2) is 34.2 Å². The van der Waals surface area contributed by atoms with Crippen molar-refractivity contribution in [2.24, 2.45) is 0 Å². The van der Waals surface area contributed by atoms with Gasteiger partial charge in [-0.05, 0) is 35.9 Å². The van der Waals surface area contributed by atoms with Crippen LogP contribution in [0, 0.1) is 0 Å². The number of anilines is 2. The quantitative estimate of drug-likeness (QED) is 0.870. The van der Waals surface area contributed by atoms with Crippen LogP contribution in [0.15, 0.2) is 36.4 Å². The van der Waals surface area contributed by atoms with E-state index in [0.29, 0.717) is 6.54 Å². The monoisotopic (exact) mass is 312 g/mol. The molecule has 1 amide bonds. The van der Waals surface area contributed by atoms with Crippen molar-refractivity contribution in [3.05, 3.63) is 47.5 Å². The van der Waals surface area contributed by atoms with Crippen LogP contribution in [0.25, 0.3) is 0 Å². The summed E-state index contributed by atoms with van der Waals surface area (Å²) >= 11 is 0. The molecule has 5 nitrogen and oxygen atoms in total. The first-order chi connectivity index (χ1) is 11.0. The number of nitrogens with zero attached hydrogens (tertiary/aromatic N) is 2. The molecule has 0 N–H and O–H groups in total. The van der Waals surface area contributed by atoms with Gasteiger partial charge in [0.1, 0.15) is 11.5 Å². The van der Waals surface area contributed by atoms with E-state index in [4.69, 9.17) is 9.47 Å². The predicted octanol–water partition coefficient (Wildman–Crippen LogP) is 2.93. The summed E-state index contributed by atoms with van der Waals surface area (Å²) in [7, 11) is 7.18. The van der Waals surface area contributed by atoms with Crippen molar-refractivity contribution in [1.29, 1.82) is 0 Å². The first kappa shape index (κ1) is 15.2. The van der Waals surface area contributed by atoms with E-state index in [1.807, 2.05) is 55.4 Å². The van der Waals surface area contributed by atoms with Gasteiger partial charge in [-0.15, -0.1) is 0 Å². The number of rotatable bonds is 4. The summed E-state index contributed by atoms with van der Waals surface area (Å²) in [5.74, 6) is 1.51. The molecular weight excluding hydrogens is 292 g/mol. The zero-order valence-electron chi connectivity index (χ0n) is 13.8. The Labute approximate surface area is 136 Å². The zero-order chi connectivity index (χ0) is 16.6. The minimum absolute atomic E-state index is 0.00214. The standard InChI is InChI=1S/C18H20N2O3/c1-19(2)16-8-5-13(10-17(16)23-4)20-11-12-9-14(22-3)6-7-15(12)18(20)21/h5-10H,11H2,1-4H3. The lowest BCUT2D eigenvalue weighted by Crippen LogP contribution is -2.23. The maximum absolute atomic E-state index is 12.6. The molecule has 0 saturated carbocycles. The molecule has 1 aliphatic rings. The highest BCUT2D eigenvalue weighted by molar-refractivity contribution is 6.10. The molecule has 0 atom stereocenters. The molecule has 2 aromatic rings. The number of carbonyl (C=O) groups is 1. The van der Waals surface area contributed by atoms with Crippen LogP contribution in [0.2, 0.25) is 0 Å². The summed E-state index contributed by atoms with van der Waals surface area (Å²) in [5, 5.41) is 0. The molecule has 2 aromatic carbocycles. The Bertz CT molecular complexity index is 756. The third kappa shape index (κ3) is 2.59. The lowest BCUT2D eigenvalue weighted by molar-refractivity contribution is 0.0996. The van der Waals surface area contributed by atoms with E-state index in [-0.39, 0.29) is 5.91 Å². The highest BCUT2D eigenvalue weighted by Gasteiger charge is 2.29. The second kappa shape index (κ2) is 5.83. The van der Waals surface area contributed by atoms with Gasteiger partial charge >= 0.3 is 0 Å². The molecule has 0 spiro atoms. The van der Waals surface area contributed by atoms with Gasteiger partial charge in [-0.2, -0.15) is 0 Å². The van der Waals surface area contributed by atoms with Gasteiger partial charge < -0.3 is 19.3 Å². The number of hydrogen-bond donors (Lipinski definition) is 0. The van der Waals surface area contributed by atoms with Crippen molar-refractivity contribution in [2.75, 3.05) is 38.1 Å². The van der Waals surface area contributed by atoms with Crippen LogP contribution < -0.4 is 19.3 Å². The molecule has 120 valence electrons. The second-order valence-electron chi connectivity index (χ2n) is 5.66. The van der Waals surface area contributed by atoms with Gasteiger partial charge in [0.25, 0.3) is 5.91 Å². The van der Waals surface area contributed by atoms with Gasteiger partial charge in [0.15, 0.2) is 0 Å². The zero-order valence-corrected chi connectivity index (χ0v) is 13.8. The topological polar surface area (TPSA) is 42.0 Å². The predicted molar refractivity (Wildman–Crippen MR) is 90.8 cm³/mol. The molecule has 5 heteroatoms. The van der Waals surface area contributed by atoms with E-state index in [1.165, 1.54) is 0 Å². The molecule has 23 heavy (non-hydrogen) atoms. The van der Waals surface area contributed by atoms with Crippen LogP contribution in [-0.2, 0) is 6.54 Å². The number of ether oxygens (including phenoxy) is 2. The molecule has 0 aliphatic carbocycles. The van der Waals surface area contributed by atoms with E-state index < -0.39 is 0 Å². The third-order valence-corrected chi connectivity index (χ3v) is 4.07. The second-order valence-corrected chi connectivity index (χ2v) is 5.66. The molecule has 1 heterocycles. The van der Waals surface area contributed by atoms with Crippen molar-refractivity contribution in [1.82, 2.24) is 0 Å². The largest absolute Gasteiger partial charge is 0.497 e. The summed E-state index contributed by atoms with van der Waals surface area (Å²) in [4.78, 5) is 16.4. The van der Waals surface area contributed by atoms with E-state index in [9.17, 15) is 4.79 Å². The number of hydrogen-bond acceptors (Lipinski definition) is 4. The van der Waals surface area contributed by atoms with Gasteiger partial charge in [-0.25, -0.2) is 0 Å². The highest BCUT2D eigenvalue weighted by atomic mass is 16.5. The van der Waals surface area contributed by atoms with E-state index in [0.717, 1.165) is 34.0 Å². The van der Waals surface area contributed by atoms with Crippen LogP contribution in [0.1, 0.15) is 15.9 Å². The fourth-order valence-electron chi connectivity index (χ4n) is 2.84. The van der Waals surface area contributed by atoms with Gasteiger partial charge in [0.05, 0.1) is 26.5 Å². The Hall–Kier alpha value is -2.69. The minimum Gasteiger partial charge on any atom is -0.497 e. The van der Waals surface area contributed by atoms with Gasteiger partial charge in [-0.1, -0.05) is 0 Å². The molecule has 0 fully saturated rings. The fourth-order valence-corrected chi connectivity index (χ4v) is 2.84. The molecule has 1 aliphatic heterocycles. The summed E-state index contributed by atoms with van der Waals surface area (Å²) in [6.07, 6.45) is 0. The SMILES string of the molecule is COc1ccc2c(c1)CN(c1ccc(N(C)C)c(OC)c1)C2=O. The molecule has 0 bridgehead atoms. The van der Waals surface area contributed by atoms with E-state index >= 15 is 0 Å². The maximum Gasteiger partial charge on any atom is 0.258 e. The lowest BCUT2D eigenvalue weighted by atomic mass is 10.1. The maximum atomic E-state index is 12.6. The normalized spacial score (nSPS) is 13.0. The molecule has 3 rings (SSSR count). The Kier molecular flexibility index (Phi) is 3.86. The number of fused-ring (bicyclic) bond motifs is 1. The summed E-state index contributed by atoms with van der Waals surface area (Å²) in [6, 6.07) is 11.4. The first-order valence-corrected chi connectivity index (χ1v) is 7.39. The van der Waals surface area contributed by atoms with Crippen LogP contribution in [0.4, 0.5) is 11.4 Å². The Balaban J connectivity index is 1.96. The Morgan fingerprint density at radius 3 is 2.48 bits per heavy atom. The molecule has 0 saturated heterocycles. The number of methoxy groups -OCH3 is 2. The highest BCUT2D eigenvalue weighted by Crippen LogP contribution is 2.35. The minimum atomic E-state index is 0.00214. The Morgan fingerprint density at radius 1 is 1.04 bits per heavy atom. The number of amides is 1. The van der Waals surface area contributed by atoms with Gasteiger partial charge in [-0.3, -0.25) is 4.79 Å². The lowest BCUT2D eigenvalue weighted by Gasteiger charge is -2.21. The van der Waals surface area contributed by atoms with E-state index in [1.54, 1.807) is 19.1 Å². The summed E-state index contributed by atoms with van der Waals surface area (Å²) in [6.45, 7) is 0.538. The van der Waals surface area contributed by atoms with Crippen LogP contribution in [0.5, 0.6) is 11.5 Å². The smallest absolute Gasteiger partial charge is 0.258 e. The molecule has 0 aromatic heterocycles. The number of benzene rings is 2.